The van der Waals surface area contributed by atoms with Crippen molar-refractivity contribution in [2.75, 3.05) is 37.5 Å². The van der Waals surface area contributed by atoms with Crippen molar-refractivity contribution < 1.29 is 19.2 Å². The van der Waals surface area contributed by atoms with Crippen LogP contribution in [0.4, 0.5) is 16.0 Å². The Hall–Kier alpha value is -3.07. The Morgan fingerprint density at radius 3 is 2.67 bits per heavy atom. The maximum Gasteiger partial charge on any atom is 0.223 e. The van der Waals surface area contributed by atoms with Gasteiger partial charge in [0.25, 0.3) is 0 Å². The van der Waals surface area contributed by atoms with Crippen LogP contribution in [0.1, 0.15) is 5.56 Å². The zero-order chi connectivity index (χ0) is 22.8. The molecule has 2 aromatic carbocycles. The number of ether oxygens (including phenoxy) is 2. The van der Waals surface area contributed by atoms with E-state index in [1.807, 2.05) is 20.2 Å². The van der Waals surface area contributed by atoms with Crippen LogP contribution in [0.2, 0.25) is 0 Å². The predicted octanol–water partition coefficient (Wildman–Crippen LogP) is 2.06. The maximum atomic E-state index is 13.6. The molecule has 0 unspecified atom stereocenters. The number of fused-ring (bicyclic) bond motifs is 1. The van der Waals surface area contributed by atoms with Gasteiger partial charge >= 0.3 is 0 Å². The van der Waals surface area contributed by atoms with Crippen LogP contribution in [0.25, 0.3) is 11.3 Å². The van der Waals surface area contributed by atoms with Crippen LogP contribution in [0, 0.1) is 5.82 Å². The lowest BCUT2D eigenvalue weighted by Crippen LogP contribution is -2.91. The third kappa shape index (κ3) is 4.83. The van der Waals surface area contributed by atoms with Gasteiger partial charge < -0.3 is 25.0 Å². The first kappa shape index (κ1) is 21.8. The van der Waals surface area contributed by atoms with Crippen LogP contribution < -0.4 is 15.5 Å². The standard InChI is InChI=1S/C25H28FN5O2/c1-31(2)19-8-6-16(7-9-19)13-28-21-14-32-24-22(15-33-23(21)24)30-25-27-11-10-20(29-25)17-4-3-5-18(26)12-17/h3-12,21-24,28H,13-15H2,1-2H3,(H,27,29,30)/p+1/t21-,22-,23+,24+/m0/s1. The van der Waals surface area contributed by atoms with Crippen molar-refractivity contribution in [2.45, 2.75) is 30.8 Å². The van der Waals surface area contributed by atoms with Gasteiger partial charge in [-0.25, -0.2) is 14.4 Å². The molecule has 2 aliphatic rings. The topological polar surface area (TPSA) is 76.1 Å². The third-order valence-corrected chi connectivity index (χ3v) is 6.29. The number of rotatable bonds is 7. The van der Waals surface area contributed by atoms with E-state index in [0.717, 1.165) is 6.54 Å². The van der Waals surface area contributed by atoms with Crippen molar-refractivity contribution >= 4 is 11.6 Å². The molecule has 2 fully saturated rings. The van der Waals surface area contributed by atoms with Gasteiger partial charge in [0.2, 0.25) is 5.95 Å². The summed E-state index contributed by atoms with van der Waals surface area (Å²) in [6, 6.07) is 17.0. The minimum atomic E-state index is -0.289. The molecule has 7 nitrogen and oxygen atoms in total. The minimum Gasteiger partial charge on any atom is -0.378 e. The normalized spacial score (nSPS) is 24.0. The van der Waals surface area contributed by atoms with Crippen LogP contribution in [-0.4, -0.2) is 61.6 Å². The highest BCUT2D eigenvalue weighted by Gasteiger charge is 2.49. The Balaban J connectivity index is 1.19. The second-order valence-electron chi connectivity index (χ2n) is 8.79. The largest absolute Gasteiger partial charge is 0.378 e. The molecule has 0 aliphatic carbocycles. The molecule has 3 heterocycles. The van der Waals surface area contributed by atoms with Crippen molar-refractivity contribution in [3.8, 4) is 11.3 Å². The Morgan fingerprint density at radius 2 is 1.88 bits per heavy atom. The third-order valence-electron chi connectivity index (χ3n) is 6.29. The lowest BCUT2D eigenvalue weighted by Gasteiger charge is -2.17. The van der Waals surface area contributed by atoms with Gasteiger partial charge in [-0.1, -0.05) is 24.3 Å². The Labute approximate surface area is 193 Å². The van der Waals surface area contributed by atoms with Gasteiger partial charge in [0.05, 0.1) is 18.3 Å². The second kappa shape index (κ2) is 9.43. The van der Waals surface area contributed by atoms with E-state index in [9.17, 15) is 4.39 Å². The number of nitrogens with two attached hydrogens (primary N) is 1. The predicted molar refractivity (Wildman–Crippen MR) is 125 cm³/mol. The highest BCUT2D eigenvalue weighted by molar-refractivity contribution is 5.60. The van der Waals surface area contributed by atoms with Gasteiger partial charge in [-0.05, 0) is 30.3 Å². The molecule has 172 valence electrons. The highest BCUT2D eigenvalue weighted by Crippen LogP contribution is 2.28. The van der Waals surface area contributed by atoms with Crippen LogP contribution in [0.3, 0.4) is 0 Å². The monoisotopic (exact) mass is 450 g/mol. The molecule has 5 rings (SSSR count). The van der Waals surface area contributed by atoms with Gasteiger partial charge in [0.15, 0.2) is 0 Å². The molecule has 0 bridgehead atoms. The quantitative estimate of drug-likeness (QED) is 0.574. The summed E-state index contributed by atoms with van der Waals surface area (Å²) in [5.41, 5.74) is 3.85. The van der Waals surface area contributed by atoms with Gasteiger partial charge in [-0.2, -0.15) is 0 Å². The number of anilines is 2. The Bertz CT molecular complexity index is 1090. The van der Waals surface area contributed by atoms with E-state index in [-0.39, 0.29) is 30.1 Å². The average Bonchev–Trinajstić information content (AvgIpc) is 3.41. The van der Waals surface area contributed by atoms with E-state index in [2.05, 4.69) is 49.8 Å². The first-order valence-electron chi connectivity index (χ1n) is 11.2. The zero-order valence-corrected chi connectivity index (χ0v) is 18.8. The maximum absolute atomic E-state index is 13.6. The molecular weight excluding hydrogens is 421 g/mol. The van der Waals surface area contributed by atoms with Crippen molar-refractivity contribution in [2.24, 2.45) is 0 Å². The van der Waals surface area contributed by atoms with E-state index < -0.39 is 0 Å². The number of nitrogens with zero attached hydrogens (tertiary/aromatic N) is 3. The van der Waals surface area contributed by atoms with Crippen molar-refractivity contribution in [3.05, 3.63) is 72.2 Å². The molecule has 4 atom stereocenters. The summed E-state index contributed by atoms with van der Waals surface area (Å²) in [7, 11) is 4.09. The number of quaternary nitrogens is 1. The molecule has 0 spiro atoms. The number of hydrogen-bond donors (Lipinski definition) is 2. The SMILES string of the molecule is CN(C)c1ccc(C[NH2+][C@H]2CO[C@H]3[C@@H]2OC[C@@H]3Nc2nccc(-c3cccc(F)c3)n2)cc1. The fourth-order valence-electron chi connectivity index (χ4n) is 4.47. The fourth-order valence-corrected chi connectivity index (χ4v) is 4.47. The van der Waals surface area contributed by atoms with E-state index in [0.29, 0.717) is 30.4 Å². The van der Waals surface area contributed by atoms with E-state index in [1.54, 1.807) is 18.3 Å². The minimum absolute atomic E-state index is 0.0231. The molecule has 0 radical (unpaired) electrons. The summed E-state index contributed by atoms with van der Waals surface area (Å²) >= 11 is 0. The number of halogens is 1. The molecule has 3 aromatic rings. The zero-order valence-electron chi connectivity index (χ0n) is 18.8. The van der Waals surface area contributed by atoms with Gasteiger partial charge in [0, 0.05) is 37.1 Å². The van der Waals surface area contributed by atoms with Crippen LogP contribution in [-0.2, 0) is 16.0 Å². The molecule has 0 amide bonds. The Kier molecular flexibility index (Phi) is 6.22. The summed E-state index contributed by atoms with van der Waals surface area (Å²) in [4.78, 5) is 11.0. The lowest BCUT2D eigenvalue weighted by atomic mass is 10.1. The molecule has 1 aromatic heterocycles. The van der Waals surface area contributed by atoms with Crippen molar-refractivity contribution in [1.29, 1.82) is 0 Å². The molecule has 33 heavy (non-hydrogen) atoms. The number of benzene rings is 2. The molecular formula is C25H29FN5O2+. The van der Waals surface area contributed by atoms with E-state index in [1.165, 1.54) is 23.4 Å². The van der Waals surface area contributed by atoms with Crippen molar-refractivity contribution in [1.82, 2.24) is 9.97 Å². The summed E-state index contributed by atoms with van der Waals surface area (Å²) in [5.74, 6) is 0.200. The second-order valence-corrected chi connectivity index (χ2v) is 8.79. The number of nitrogens with one attached hydrogen (secondary N) is 1. The smallest absolute Gasteiger partial charge is 0.223 e. The summed E-state index contributed by atoms with van der Waals surface area (Å²) in [5, 5.41) is 5.67. The van der Waals surface area contributed by atoms with Gasteiger partial charge in [-0.3, -0.25) is 0 Å². The molecule has 2 saturated heterocycles. The Morgan fingerprint density at radius 1 is 1.06 bits per heavy atom. The molecule has 2 aliphatic heterocycles. The van der Waals surface area contributed by atoms with Gasteiger partial charge in [0.1, 0.15) is 37.2 Å². The first-order chi connectivity index (χ1) is 16.1. The molecule has 0 saturated carbocycles. The average molecular weight is 451 g/mol. The lowest BCUT2D eigenvalue weighted by molar-refractivity contribution is -0.707. The van der Waals surface area contributed by atoms with E-state index >= 15 is 0 Å². The fraction of sp³-hybridized carbons (Fsp3) is 0.360. The van der Waals surface area contributed by atoms with Crippen LogP contribution in [0.5, 0.6) is 0 Å². The van der Waals surface area contributed by atoms with Gasteiger partial charge in [-0.15, -0.1) is 0 Å². The van der Waals surface area contributed by atoms with Crippen molar-refractivity contribution in [3.63, 3.8) is 0 Å². The number of aromatic nitrogens is 2. The number of hydrogen-bond acceptors (Lipinski definition) is 6. The van der Waals surface area contributed by atoms with Crippen LogP contribution >= 0.6 is 0 Å². The highest BCUT2D eigenvalue weighted by atomic mass is 19.1. The molecule has 3 N–H and O–H groups in total. The summed E-state index contributed by atoms with van der Waals surface area (Å²) in [6.45, 7) is 2.06. The van der Waals surface area contributed by atoms with E-state index in [4.69, 9.17) is 9.47 Å². The first-order valence-corrected chi connectivity index (χ1v) is 11.2. The summed E-state index contributed by atoms with van der Waals surface area (Å²) < 4.78 is 25.8. The summed E-state index contributed by atoms with van der Waals surface area (Å²) in [6.07, 6.45) is 1.65. The van der Waals surface area contributed by atoms with Crippen LogP contribution in [0.15, 0.2) is 60.8 Å². The molecule has 8 heteroatoms.